The standard InChI is InChI=1S/C11H11BrClN3/c1-7(14)10-4-8(12)2-3-11(10)16-6-9(13)5-15-16/h2-7H,14H2,1H3. The van der Waals surface area contributed by atoms with Gasteiger partial charge in [0.15, 0.2) is 0 Å². The number of aromatic nitrogens is 2. The van der Waals surface area contributed by atoms with Crippen LogP contribution in [0.15, 0.2) is 35.1 Å². The second-order valence-corrected chi connectivity index (χ2v) is 4.95. The maximum atomic E-state index is 5.93. The minimum atomic E-state index is -0.0597. The quantitative estimate of drug-likeness (QED) is 0.924. The van der Waals surface area contributed by atoms with E-state index in [2.05, 4.69) is 21.0 Å². The lowest BCUT2D eigenvalue weighted by Gasteiger charge is -2.13. The van der Waals surface area contributed by atoms with Crippen LogP contribution < -0.4 is 5.73 Å². The van der Waals surface area contributed by atoms with E-state index in [1.54, 1.807) is 17.1 Å². The van der Waals surface area contributed by atoms with Crippen LogP contribution in [0.25, 0.3) is 5.69 Å². The summed E-state index contributed by atoms with van der Waals surface area (Å²) in [6.45, 7) is 1.94. The van der Waals surface area contributed by atoms with Gasteiger partial charge < -0.3 is 5.73 Å². The average molecular weight is 301 g/mol. The topological polar surface area (TPSA) is 43.8 Å². The Kier molecular flexibility index (Phi) is 3.33. The molecule has 1 unspecified atom stereocenters. The van der Waals surface area contributed by atoms with Crippen molar-refractivity contribution in [2.24, 2.45) is 5.73 Å². The first kappa shape index (κ1) is 11.6. The Labute approximate surface area is 107 Å². The molecule has 0 aliphatic rings. The van der Waals surface area contributed by atoms with Gasteiger partial charge >= 0.3 is 0 Å². The van der Waals surface area contributed by atoms with Gasteiger partial charge in [0.1, 0.15) is 0 Å². The van der Waals surface area contributed by atoms with E-state index in [0.717, 1.165) is 15.7 Å². The Morgan fingerprint density at radius 3 is 2.81 bits per heavy atom. The van der Waals surface area contributed by atoms with Crippen LogP contribution in [0.3, 0.4) is 0 Å². The van der Waals surface area contributed by atoms with Gasteiger partial charge in [-0.3, -0.25) is 0 Å². The van der Waals surface area contributed by atoms with Crippen molar-refractivity contribution in [1.29, 1.82) is 0 Å². The third-order valence-electron chi connectivity index (χ3n) is 2.28. The molecule has 16 heavy (non-hydrogen) atoms. The summed E-state index contributed by atoms with van der Waals surface area (Å²) in [7, 11) is 0. The van der Waals surface area contributed by atoms with Crippen LogP contribution in [0, 0.1) is 0 Å². The van der Waals surface area contributed by atoms with Crippen LogP contribution >= 0.6 is 27.5 Å². The fourth-order valence-electron chi connectivity index (χ4n) is 1.53. The lowest BCUT2D eigenvalue weighted by atomic mass is 10.1. The smallest absolute Gasteiger partial charge is 0.0790 e. The Balaban J connectivity index is 2.56. The van der Waals surface area contributed by atoms with E-state index in [4.69, 9.17) is 17.3 Å². The molecule has 0 spiro atoms. The van der Waals surface area contributed by atoms with Crippen LogP contribution in [0.4, 0.5) is 0 Å². The van der Waals surface area contributed by atoms with Gasteiger partial charge in [-0.25, -0.2) is 4.68 Å². The molecule has 0 saturated heterocycles. The zero-order valence-corrected chi connectivity index (χ0v) is 11.0. The van der Waals surface area contributed by atoms with Crippen LogP contribution in [-0.2, 0) is 0 Å². The number of benzene rings is 1. The van der Waals surface area contributed by atoms with Crippen molar-refractivity contribution in [3.05, 3.63) is 45.7 Å². The lowest BCUT2D eigenvalue weighted by Crippen LogP contribution is -2.10. The molecule has 2 aromatic rings. The highest BCUT2D eigenvalue weighted by Gasteiger charge is 2.10. The van der Waals surface area contributed by atoms with Crippen LogP contribution in [0.1, 0.15) is 18.5 Å². The zero-order chi connectivity index (χ0) is 11.7. The molecule has 5 heteroatoms. The summed E-state index contributed by atoms with van der Waals surface area (Å²) in [5, 5.41) is 4.78. The van der Waals surface area contributed by atoms with Crippen molar-refractivity contribution in [3.8, 4) is 5.69 Å². The van der Waals surface area contributed by atoms with Crippen molar-refractivity contribution in [2.75, 3.05) is 0 Å². The molecule has 1 aromatic carbocycles. The summed E-state index contributed by atoms with van der Waals surface area (Å²) in [5.41, 5.74) is 7.90. The second-order valence-electron chi connectivity index (χ2n) is 3.59. The molecule has 0 fully saturated rings. The van der Waals surface area contributed by atoms with Crippen molar-refractivity contribution in [1.82, 2.24) is 9.78 Å². The minimum Gasteiger partial charge on any atom is -0.324 e. The largest absolute Gasteiger partial charge is 0.324 e. The van der Waals surface area contributed by atoms with Crippen LogP contribution in [0.2, 0.25) is 5.02 Å². The summed E-state index contributed by atoms with van der Waals surface area (Å²) in [5.74, 6) is 0. The maximum absolute atomic E-state index is 5.93. The predicted molar refractivity (Wildman–Crippen MR) is 68.9 cm³/mol. The van der Waals surface area contributed by atoms with E-state index < -0.39 is 0 Å². The third kappa shape index (κ3) is 2.29. The van der Waals surface area contributed by atoms with Crippen molar-refractivity contribution >= 4 is 27.5 Å². The molecule has 1 aromatic heterocycles. The Morgan fingerprint density at radius 1 is 1.50 bits per heavy atom. The molecule has 2 rings (SSSR count). The normalized spacial score (nSPS) is 12.8. The summed E-state index contributed by atoms with van der Waals surface area (Å²) in [6, 6.07) is 5.86. The lowest BCUT2D eigenvalue weighted by molar-refractivity contribution is 0.780. The highest BCUT2D eigenvalue weighted by Crippen LogP contribution is 2.24. The van der Waals surface area contributed by atoms with Gasteiger partial charge in [0.25, 0.3) is 0 Å². The number of halogens is 2. The highest BCUT2D eigenvalue weighted by molar-refractivity contribution is 9.10. The van der Waals surface area contributed by atoms with E-state index in [0.29, 0.717) is 5.02 Å². The molecule has 0 radical (unpaired) electrons. The molecule has 0 aliphatic carbocycles. The number of hydrogen-bond donors (Lipinski definition) is 1. The Hall–Kier alpha value is -0.840. The van der Waals surface area contributed by atoms with Crippen molar-refractivity contribution in [2.45, 2.75) is 13.0 Å². The van der Waals surface area contributed by atoms with E-state index in [9.17, 15) is 0 Å². The SMILES string of the molecule is CC(N)c1cc(Br)ccc1-n1cc(Cl)cn1. The molecule has 0 bridgehead atoms. The van der Waals surface area contributed by atoms with E-state index in [1.165, 1.54) is 0 Å². The molecule has 1 heterocycles. The molecule has 1 atom stereocenters. The van der Waals surface area contributed by atoms with Gasteiger partial charge in [-0.1, -0.05) is 27.5 Å². The van der Waals surface area contributed by atoms with Gasteiger partial charge in [0, 0.05) is 16.7 Å². The summed E-state index contributed by atoms with van der Waals surface area (Å²) in [6.07, 6.45) is 3.37. The zero-order valence-electron chi connectivity index (χ0n) is 8.69. The van der Waals surface area contributed by atoms with E-state index in [-0.39, 0.29) is 6.04 Å². The third-order valence-corrected chi connectivity index (χ3v) is 2.97. The van der Waals surface area contributed by atoms with Crippen molar-refractivity contribution in [3.63, 3.8) is 0 Å². The molecule has 84 valence electrons. The van der Waals surface area contributed by atoms with Crippen LogP contribution in [0.5, 0.6) is 0 Å². The Bertz CT molecular complexity index is 508. The predicted octanol–water partition coefficient (Wildman–Crippen LogP) is 3.31. The highest BCUT2D eigenvalue weighted by atomic mass is 79.9. The first-order valence-electron chi connectivity index (χ1n) is 4.83. The Morgan fingerprint density at radius 2 is 2.25 bits per heavy atom. The molecular formula is C11H11BrClN3. The minimum absolute atomic E-state index is 0.0597. The summed E-state index contributed by atoms with van der Waals surface area (Å²) < 4.78 is 2.73. The first-order chi connectivity index (χ1) is 7.58. The summed E-state index contributed by atoms with van der Waals surface area (Å²) >= 11 is 9.28. The van der Waals surface area contributed by atoms with Gasteiger partial charge in [-0.2, -0.15) is 5.10 Å². The van der Waals surface area contributed by atoms with Gasteiger partial charge in [-0.05, 0) is 30.7 Å². The average Bonchev–Trinajstić information content (AvgIpc) is 2.64. The van der Waals surface area contributed by atoms with Crippen molar-refractivity contribution < 1.29 is 0 Å². The number of nitrogens with zero attached hydrogens (tertiary/aromatic N) is 2. The molecular weight excluding hydrogens is 289 g/mol. The molecule has 0 saturated carbocycles. The van der Waals surface area contributed by atoms with Gasteiger partial charge in [0.2, 0.25) is 0 Å². The number of nitrogens with two attached hydrogens (primary N) is 1. The fraction of sp³-hybridized carbons (Fsp3) is 0.182. The fourth-order valence-corrected chi connectivity index (χ4v) is 2.05. The molecule has 2 N–H and O–H groups in total. The molecule has 0 aliphatic heterocycles. The monoisotopic (exact) mass is 299 g/mol. The van der Waals surface area contributed by atoms with E-state index >= 15 is 0 Å². The molecule has 0 amide bonds. The molecule has 3 nitrogen and oxygen atoms in total. The van der Waals surface area contributed by atoms with Gasteiger partial charge in [-0.15, -0.1) is 0 Å². The van der Waals surface area contributed by atoms with Gasteiger partial charge in [0.05, 0.1) is 16.9 Å². The van der Waals surface area contributed by atoms with E-state index in [1.807, 2.05) is 25.1 Å². The number of hydrogen-bond acceptors (Lipinski definition) is 2. The van der Waals surface area contributed by atoms with Crippen LogP contribution in [-0.4, -0.2) is 9.78 Å². The number of rotatable bonds is 2. The summed E-state index contributed by atoms with van der Waals surface area (Å²) in [4.78, 5) is 0. The first-order valence-corrected chi connectivity index (χ1v) is 6.00. The second kappa shape index (κ2) is 4.57. The maximum Gasteiger partial charge on any atom is 0.0790 e.